The Balaban J connectivity index is 1.39. The number of amides is 1. The van der Waals surface area contributed by atoms with Crippen LogP contribution in [0.15, 0.2) is 60.8 Å². The van der Waals surface area contributed by atoms with Gasteiger partial charge in [0.15, 0.2) is 0 Å². The Kier molecular flexibility index (Phi) is 5.16. The van der Waals surface area contributed by atoms with Crippen LogP contribution in [0.4, 0.5) is 4.79 Å². The number of H-pyrrole nitrogens is 1. The Hall–Kier alpha value is -3.19. The van der Waals surface area contributed by atoms with E-state index in [1.54, 1.807) is 0 Å². The first-order valence-corrected chi connectivity index (χ1v) is 7.82. The molecule has 2 N–H and O–H groups in total. The molecule has 4 nitrogen and oxygen atoms in total. The molecule has 0 fully saturated rings. The summed E-state index contributed by atoms with van der Waals surface area (Å²) in [4.78, 5) is 14.7. The van der Waals surface area contributed by atoms with E-state index in [2.05, 4.69) is 22.1 Å². The molecule has 1 amide bonds. The van der Waals surface area contributed by atoms with Crippen molar-refractivity contribution in [1.82, 2.24) is 10.3 Å². The van der Waals surface area contributed by atoms with Crippen molar-refractivity contribution in [1.29, 1.82) is 0 Å². The fourth-order valence-electron chi connectivity index (χ4n) is 2.29. The summed E-state index contributed by atoms with van der Waals surface area (Å²) in [6.45, 7) is 0.736. The largest absolute Gasteiger partial charge is 0.445 e. The first-order valence-electron chi connectivity index (χ1n) is 7.82. The standard InChI is InChI=1S/C20H18N2O2/c23-20(24-15-17-7-2-1-3-8-17)22-12-5-4-6-16-9-10-18-11-13-21-19(18)14-16/h1-3,7-11,13-14,21H,5,12,15H2,(H,22,23). The summed E-state index contributed by atoms with van der Waals surface area (Å²) in [6, 6.07) is 17.7. The molecule has 1 aromatic heterocycles. The lowest BCUT2D eigenvalue weighted by Crippen LogP contribution is -2.24. The van der Waals surface area contributed by atoms with Crippen LogP contribution in [0.5, 0.6) is 0 Å². The minimum Gasteiger partial charge on any atom is -0.445 e. The van der Waals surface area contributed by atoms with Crippen LogP contribution in [0.3, 0.4) is 0 Å². The van der Waals surface area contributed by atoms with E-state index in [-0.39, 0.29) is 6.61 Å². The third-order valence-corrected chi connectivity index (χ3v) is 3.52. The van der Waals surface area contributed by atoms with Gasteiger partial charge in [-0.1, -0.05) is 48.2 Å². The number of nitrogens with one attached hydrogen (secondary N) is 2. The minimum atomic E-state index is -0.423. The Morgan fingerprint density at radius 3 is 2.88 bits per heavy atom. The highest BCUT2D eigenvalue weighted by Gasteiger charge is 2.00. The Bertz CT molecular complexity index is 873. The van der Waals surface area contributed by atoms with Crippen molar-refractivity contribution in [3.8, 4) is 11.8 Å². The predicted octanol–water partition coefficient (Wildman–Crippen LogP) is 3.84. The van der Waals surface area contributed by atoms with Crippen molar-refractivity contribution in [2.45, 2.75) is 13.0 Å². The van der Waals surface area contributed by atoms with Crippen LogP contribution < -0.4 is 5.32 Å². The monoisotopic (exact) mass is 318 g/mol. The van der Waals surface area contributed by atoms with E-state index in [9.17, 15) is 4.79 Å². The van der Waals surface area contributed by atoms with Crippen molar-refractivity contribution in [3.63, 3.8) is 0 Å². The molecule has 0 saturated heterocycles. The quantitative estimate of drug-likeness (QED) is 0.567. The molecule has 2 aromatic carbocycles. The third-order valence-electron chi connectivity index (χ3n) is 3.52. The average molecular weight is 318 g/mol. The number of hydrogen-bond acceptors (Lipinski definition) is 2. The average Bonchev–Trinajstić information content (AvgIpc) is 3.08. The zero-order valence-electron chi connectivity index (χ0n) is 13.2. The van der Waals surface area contributed by atoms with E-state index < -0.39 is 6.09 Å². The lowest BCUT2D eigenvalue weighted by Gasteiger charge is -2.05. The summed E-state index contributed by atoms with van der Waals surface area (Å²) >= 11 is 0. The second kappa shape index (κ2) is 7.89. The van der Waals surface area contributed by atoms with Crippen LogP contribution in [0.25, 0.3) is 10.9 Å². The van der Waals surface area contributed by atoms with Crippen LogP contribution in [0, 0.1) is 11.8 Å². The van der Waals surface area contributed by atoms with Crippen LogP contribution in [-0.4, -0.2) is 17.6 Å². The van der Waals surface area contributed by atoms with Gasteiger partial charge in [0.25, 0.3) is 0 Å². The number of rotatable bonds is 4. The SMILES string of the molecule is O=C(NCCC#Cc1ccc2cc[nH]c2c1)OCc1ccccc1. The molecule has 0 spiro atoms. The van der Waals surface area contributed by atoms with Crippen LogP contribution >= 0.6 is 0 Å². The summed E-state index contributed by atoms with van der Waals surface area (Å²) in [6.07, 6.45) is 2.06. The van der Waals surface area contributed by atoms with Gasteiger partial charge in [-0.3, -0.25) is 0 Å². The van der Waals surface area contributed by atoms with Gasteiger partial charge in [0, 0.05) is 30.2 Å². The number of aromatic nitrogens is 1. The second-order valence-corrected chi connectivity index (χ2v) is 5.32. The molecule has 0 saturated carbocycles. The van der Waals surface area contributed by atoms with Gasteiger partial charge in [-0.15, -0.1) is 0 Å². The summed E-state index contributed by atoms with van der Waals surface area (Å²) in [5.74, 6) is 6.15. The molecule has 0 bridgehead atoms. The van der Waals surface area contributed by atoms with E-state index in [1.807, 2.05) is 60.8 Å². The Morgan fingerprint density at radius 2 is 2.00 bits per heavy atom. The normalized spacial score (nSPS) is 10.0. The van der Waals surface area contributed by atoms with Crippen molar-refractivity contribution >= 4 is 17.0 Å². The number of carbonyl (C=O) groups excluding carboxylic acids is 1. The van der Waals surface area contributed by atoms with Crippen LogP contribution in [-0.2, 0) is 11.3 Å². The van der Waals surface area contributed by atoms with E-state index in [1.165, 1.54) is 5.39 Å². The van der Waals surface area contributed by atoms with Crippen molar-refractivity contribution in [2.24, 2.45) is 0 Å². The number of ether oxygens (including phenoxy) is 1. The van der Waals surface area contributed by atoms with E-state index in [0.29, 0.717) is 13.0 Å². The molecule has 0 unspecified atom stereocenters. The van der Waals surface area contributed by atoms with Gasteiger partial charge in [-0.25, -0.2) is 4.79 Å². The number of benzene rings is 2. The fraction of sp³-hybridized carbons (Fsp3) is 0.150. The molecule has 0 radical (unpaired) electrons. The van der Waals surface area contributed by atoms with Crippen LogP contribution in [0.2, 0.25) is 0 Å². The maximum atomic E-state index is 11.6. The molecule has 120 valence electrons. The van der Waals surface area contributed by atoms with Crippen molar-refractivity contribution in [2.75, 3.05) is 6.54 Å². The number of alkyl carbamates (subject to hydrolysis) is 1. The van der Waals surface area contributed by atoms with Gasteiger partial charge < -0.3 is 15.0 Å². The summed E-state index contributed by atoms with van der Waals surface area (Å²) in [7, 11) is 0. The highest BCUT2D eigenvalue weighted by atomic mass is 16.5. The third kappa shape index (κ3) is 4.40. The maximum Gasteiger partial charge on any atom is 0.407 e. The number of hydrogen-bond donors (Lipinski definition) is 2. The first kappa shape index (κ1) is 15.7. The number of aromatic amines is 1. The molecular weight excluding hydrogens is 300 g/mol. The number of carbonyl (C=O) groups is 1. The molecular formula is C20H18N2O2. The van der Waals surface area contributed by atoms with E-state index >= 15 is 0 Å². The lowest BCUT2D eigenvalue weighted by atomic mass is 10.1. The zero-order chi connectivity index (χ0) is 16.6. The van der Waals surface area contributed by atoms with Crippen molar-refractivity contribution in [3.05, 3.63) is 71.9 Å². The highest BCUT2D eigenvalue weighted by Crippen LogP contribution is 2.13. The first-order chi connectivity index (χ1) is 11.8. The lowest BCUT2D eigenvalue weighted by molar-refractivity contribution is 0.140. The van der Waals surface area contributed by atoms with E-state index in [0.717, 1.165) is 16.6 Å². The number of fused-ring (bicyclic) bond motifs is 1. The van der Waals surface area contributed by atoms with Gasteiger partial charge in [-0.05, 0) is 29.1 Å². The molecule has 3 aromatic rings. The second-order valence-electron chi connectivity index (χ2n) is 5.32. The maximum absolute atomic E-state index is 11.6. The zero-order valence-corrected chi connectivity index (χ0v) is 13.2. The highest BCUT2D eigenvalue weighted by molar-refractivity contribution is 5.80. The van der Waals surface area contributed by atoms with Crippen molar-refractivity contribution < 1.29 is 9.53 Å². The Labute approximate surface area is 140 Å². The van der Waals surface area contributed by atoms with Gasteiger partial charge in [0.2, 0.25) is 0 Å². The van der Waals surface area contributed by atoms with E-state index in [4.69, 9.17) is 4.74 Å². The molecule has 0 atom stereocenters. The summed E-state index contributed by atoms with van der Waals surface area (Å²) in [5, 5.41) is 3.86. The summed E-state index contributed by atoms with van der Waals surface area (Å²) < 4.78 is 5.13. The molecule has 1 heterocycles. The molecule has 4 heteroatoms. The van der Waals surface area contributed by atoms with Gasteiger partial charge in [0.05, 0.1) is 0 Å². The predicted molar refractivity (Wildman–Crippen MR) is 94.4 cm³/mol. The molecule has 24 heavy (non-hydrogen) atoms. The molecule has 0 aliphatic heterocycles. The van der Waals surface area contributed by atoms with Gasteiger partial charge >= 0.3 is 6.09 Å². The van der Waals surface area contributed by atoms with Crippen LogP contribution in [0.1, 0.15) is 17.5 Å². The molecule has 3 rings (SSSR count). The minimum absolute atomic E-state index is 0.272. The molecule has 0 aliphatic rings. The van der Waals surface area contributed by atoms with Gasteiger partial charge in [0.1, 0.15) is 6.61 Å². The fourth-order valence-corrected chi connectivity index (χ4v) is 2.29. The summed E-state index contributed by atoms with van der Waals surface area (Å²) in [5.41, 5.74) is 2.99. The smallest absolute Gasteiger partial charge is 0.407 e. The topological polar surface area (TPSA) is 54.1 Å². The Morgan fingerprint density at radius 1 is 1.12 bits per heavy atom. The van der Waals surface area contributed by atoms with Gasteiger partial charge in [-0.2, -0.15) is 0 Å². The molecule has 0 aliphatic carbocycles.